The van der Waals surface area contributed by atoms with Crippen LogP contribution in [0.25, 0.3) is 0 Å². The highest BCUT2D eigenvalue weighted by Gasteiger charge is 2.32. The quantitative estimate of drug-likeness (QED) is 0.763. The van der Waals surface area contributed by atoms with Crippen LogP contribution in [0.15, 0.2) is 24.3 Å². The van der Waals surface area contributed by atoms with Gasteiger partial charge >= 0.3 is 5.97 Å². The minimum absolute atomic E-state index is 0.131. The molecule has 1 aliphatic rings. The second kappa shape index (κ2) is 6.60. The van der Waals surface area contributed by atoms with Crippen molar-refractivity contribution in [2.24, 2.45) is 11.8 Å². The van der Waals surface area contributed by atoms with Crippen LogP contribution in [-0.4, -0.2) is 19.7 Å². The summed E-state index contributed by atoms with van der Waals surface area (Å²) in [7, 11) is 1.45. The molecular formula is C16H22O3. The number of methoxy groups -OCH3 is 1. The van der Waals surface area contributed by atoms with Crippen molar-refractivity contribution in [3.8, 4) is 5.75 Å². The summed E-state index contributed by atoms with van der Waals surface area (Å²) in [5.41, 5.74) is 1.20. The van der Waals surface area contributed by atoms with Gasteiger partial charge in [-0.3, -0.25) is 4.79 Å². The van der Waals surface area contributed by atoms with E-state index in [1.807, 2.05) is 31.2 Å². The van der Waals surface area contributed by atoms with E-state index in [4.69, 9.17) is 9.47 Å². The van der Waals surface area contributed by atoms with E-state index in [-0.39, 0.29) is 11.9 Å². The molecule has 1 saturated carbocycles. The van der Waals surface area contributed by atoms with E-state index in [0.717, 1.165) is 18.6 Å². The molecular weight excluding hydrogens is 240 g/mol. The largest absolute Gasteiger partial charge is 0.493 e. The monoisotopic (exact) mass is 262 g/mol. The van der Waals surface area contributed by atoms with E-state index < -0.39 is 0 Å². The Morgan fingerprint density at radius 2 is 1.89 bits per heavy atom. The zero-order chi connectivity index (χ0) is 13.7. The first-order valence-corrected chi connectivity index (χ1v) is 6.98. The lowest BCUT2D eigenvalue weighted by Gasteiger charge is -2.21. The first-order chi connectivity index (χ1) is 9.20. The van der Waals surface area contributed by atoms with Gasteiger partial charge < -0.3 is 9.47 Å². The van der Waals surface area contributed by atoms with Gasteiger partial charge in [-0.25, -0.2) is 0 Å². The average Bonchev–Trinajstić information content (AvgIpc) is 2.94. The standard InChI is InChI=1S/C16H22O3/c1-12-7-9-14(10-8-12)19-11-15(16(17)18-2)13-5-3-4-6-13/h7-10,13,15H,3-6,11H2,1-2H3. The predicted octanol–water partition coefficient (Wildman–Crippen LogP) is 3.35. The van der Waals surface area contributed by atoms with E-state index >= 15 is 0 Å². The average molecular weight is 262 g/mol. The Bertz CT molecular complexity index is 405. The van der Waals surface area contributed by atoms with E-state index in [9.17, 15) is 4.79 Å². The van der Waals surface area contributed by atoms with Crippen LogP contribution in [0.4, 0.5) is 0 Å². The SMILES string of the molecule is COC(=O)C(COc1ccc(C)cc1)C1CCCC1. The molecule has 1 aromatic carbocycles. The smallest absolute Gasteiger partial charge is 0.312 e. The molecule has 0 aromatic heterocycles. The molecule has 0 saturated heterocycles. The van der Waals surface area contributed by atoms with Gasteiger partial charge in [0, 0.05) is 0 Å². The van der Waals surface area contributed by atoms with Gasteiger partial charge in [-0.05, 0) is 37.8 Å². The van der Waals surface area contributed by atoms with Gasteiger partial charge in [-0.1, -0.05) is 30.5 Å². The molecule has 0 spiro atoms. The Hall–Kier alpha value is -1.51. The van der Waals surface area contributed by atoms with Crippen LogP contribution in [0.2, 0.25) is 0 Å². The number of rotatable bonds is 5. The van der Waals surface area contributed by atoms with Crippen molar-refractivity contribution in [2.75, 3.05) is 13.7 Å². The van der Waals surface area contributed by atoms with Crippen molar-refractivity contribution in [3.63, 3.8) is 0 Å². The maximum absolute atomic E-state index is 11.9. The molecule has 3 heteroatoms. The maximum Gasteiger partial charge on any atom is 0.312 e. The Morgan fingerprint density at radius 1 is 1.26 bits per heavy atom. The summed E-state index contributed by atoms with van der Waals surface area (Å²) in [6, 6.07) is 7.91. The van der Waals surface area contributed by atoms with Crippen LogP contribution >= 0.6 is 0 Å². The summed E-state index contributed by atoms with van der Waals surface area (Å²) in [4.78, 5) is 11.9. The molecule has 104 valence electrons. The van der Waals surface area contributed by atoms with Crippen molar-refractivity contribution in [2.45, 2.75) is 32.6 Å². The van der Waals surface area contributed by atoms with Crippen LogP contribution < -0.4 is 4.74 Å². The molecule has 2 rings (SSSR count). The highest BCUT2D eigenvalue weighted by molar-refractivity contribution is 5.72. The molecule has 0 heterocycles. The Balaban J connectivity index is 1.95. The molecule has 19 heavy (non-hydrogen) atoms. The number of benzene rings is 1. The zero-order valence-electron chi connectivity index (χ0n) is 11.7. The molecule has 3 nitrogen and oxygen atoms in total. The third kappa shape index (κ3) is 3.72. The fourth-order valence-corrected chi connectivity index (χ4v) is 2.73. The second-order valence-corrected chi connectivity index (χ2v) is 5.30. The number of carbonyl (C=O) groups excluding carboxylic acids is 1. The lowest BCUT2D eigenvalue weighted by atomic mass is 9.91. The van der Waals surface area contributed by atoms with E-state index in [2.05, 4.69) is 0 Å². The van der Waals surface area contributed by atoms with Gasteiger partial charge in [0.1, 0.15) is 12.4 Å². The summed E-state index contributed by atoms with van der Waals surface area (Å²) >= 11 is 0. The van der Waals surface area contributed by atoms with Crippen LogP contribution in [0.5, 0.6) is 5.75 Å². The predicted molar refractivity (Wildman–Crippen MR) is 74.1 cm³/mol. The third-order valence-electron chi connectivity index (χ3n) is 3.92. The molecule has 1 fully saturated rings. The zero-order valence-corrected chi connectivity index (χ0v) is 11.7. The molecule has 0 amide bonds. The lowest BCUT2D eigenvalue weighted by Crippen LogP contribution is -2.29. The molecule has 1 atom stereocenters. The molecule has 0 aliphatic heterocycles. The Morgan fingerprint density at radius 3 is 2.47 bits per heavy atom. The second-order valence-electron chi connectivity index (χ2n) is 5.30. The molecule has 1 unspecified atom stereocenters. The summed E-state index contributed by atoms with van der Waals surface area (Å²) in [6.07, 6.45) is 4.64. The van der Waals surface area contributed by atoms with Crippen LogP contribution in [0, 0.1) is 18.8 Å². The number of aryl methyl sites for hydroxylation is 1. The molecule has 0 radical (unpaired) electrons. The summed E-state index contributed by atoms with van der Waals surface area (Å²) in [5.74, 6) is 0.961. The summed E-state index contributed by atoms with van der Waals surface area (Å²) in [6.45, 7) is 2.46. The number of ether oxygens (including phenoxy) is 2. The first kappa shape index (κ1) is 13.9. The van der Waals surface area contributed by atoms with Crippen LogP contribution in [0.1, 0.15) is 31.2 Å². The van der Waals surface area contributed by atoms with E-state index in [0.29, 0.717) is 12.5 Å². The Labute approximate surface area is 114 Å². The van der Waals surface area contributed by atoms with Crippen molar-refractivity contribution < 1.29 is 14.3 Å². The minimum atomic E-state index is -0.140. The van der Waals surface area contributed by atoms with Gasteiger partial charge in [0.15, 0.2) is 0 Å². The van der Waals surface area contributed by atoms with Crippen molar-refractivity contribution in [3.05, 3.63) is 29.8 Å². The minimum Gasteiger partial charge on any atom is -0.493 e. The molecule has 1 aromatic rings. The van der Waals surface area contributed by atoms with Gasteiger partial charge in [-0.15, -0.1) is 0 Å². The van der Waals surface area contributed by atoms with Gasteiger partial charge in [-0.2, -0.15) is 0 Å². The summed E-state index contributed by atoms with van der Waals surface area (Å²) < 4.78 is 10.7. The first-order valence-electron chi connectivity index (χ1n) is 6.98. The number of hydrogen-bond acceptors (Lipinski definition) is 3. The molecule has 0 N–H and O–H groups in total. The van der Waals surface area contributed by atoms with Crippen LogP contribution in [0.3, 0.4) is 0 Å². The van der Waals surface area contributed by atoms with Crippen molar-refractivity contribution in [1.82, 2.24) is 0 Å². The molecule has 1 aliphatic carbocycles. The van der Waals surface area contributed by atoms with Gasteiger partial charge in [0.05, 0.1) is 13.0 Å². The van der Waals surface area contributed by atoms with Gasteiger partial charge in [0.25, 0.3) is 0 Å². The van der Waals surface area contributed by atoms with Crippen molar-refractivity contribution >= 4 is 5.97 Å². The number of hydrogen-bond donors (Lipinski definition) is 0. The van der Waals surface area contributed by atoms with E-state index in [1.54, 1.807) is 0 Å². The van der Waals surface area contributed by atoms with Crippen molar-refractivity contribution in [1.29, 1.82) is 0 Å². The Kier molecular flexibility index (Phi) is 4.83. The fraction of sp³-hybridized carbons (Fsp3) is 0.562. The number of esters is 1. The normalized spacial score (nSPS) is 17.2. The van der Waals surface area contributed by atoms with E-state index in [1.165, 1.54) is 25.5 Å². The molecule has 0 bridgehead atoms. The lowest BCUT2D eigenvalue weighted by molar-refractivity contribution is -0.148. The topological polar surface area (TPSA) is 35.5 Å². The summed E-state index contributed by atoms with van der Waals surface area (Å²) in [5, 5.41) is 0. The highest BCUT2D eigenvalue weighted by atomic mass is 16.5. The van der Waals surface area contributed by atoms with Gasteiger partial charge in [0.2, 0.25) is 0 Å². The highest BCUT2D eigenvalue weighted by Crippen LogP contribution is 2.32. The number of carbonyl (C=O) groups is 1. The third-order valence-corrected chi connectivity index (χ3v) is 3.92. The fourth-order valence-electron chi connectivity index (χ4n) is 2.73. The maximum atomic E-state index is 11.9. The van der Waals surface area contributed by atoms with Crippen LogP contribution in [-0.2, 0) is 9.53 Å².